The molecule has 0 saturated carbocycles. The average molecular weight is 271 g/mol. The summed E-state index contributed by atoms with van der Waals surface area (Å²) in [6.45, 7) is 0. The number of amides is 1. The molecule has 2 aromatic rings. The van der Waals surface area contributed by atoms with Crippen molar-refractivity contribution in [3.05, 3.63) is 53.6 Å². The molecular weight excluding hydrogens is 261 g/mol. The Kier molecular flexibility index (Phi) is 3.88. The Hall–Kier alpha value is -2.98. The maximum atomic E-state index is 13.0. The van der Waals surface area contributed by atoms with Crippen LogP contribution in [0.1, 0.15) is 15.9 Å². The Bertz CT molecular complexity index is 695. The Morgan fingerprint density at radius 1 is 1.35 bits per heavy atom. The Morgan fingerprint density at radius 3 is 2.85 bits per heavy atom. The van der Waals surface area contributed by atoms with Gasteiger partial charge in [-0.25, -0.2) is 4.39 Å². The van der Waals surface area contributed by atoms with Gasteiger partial charge in [0.05, 0.1) is 22.5 Å². The van der Waals surface area contributed by atoms with Gasteiger partial charge >= 0.3 is 0 Å². The van der Waals surface area contributed by atoms with E-state index in [0.29, 0.717) is 5.69 Å². The summed E-state index contributed by atoms with van der Waals surface area (Å²) in [5.41, 5.74) is 3.22. The third-order valence-electron chi connectivity index (χ3n) is 2.57. The number of nitrogens with two attached hydrogens (primary N) is 1. The van der Waals surface area contributed by atoms with Gasteiger partial charge in [0.2, 0.25) is 0 Å². The van der Waals surface area contributed by atoms with Gasteiger partial charge in [-0.1, -0.05) is 0 Å². The van der Waals surface area contributed by atoms with Crippen LogP contribution in [0.2, 0.25) is 0 Å². The number of hydrogen-bond donors (Lipinski definition) is 3. The first-order chi connectivity index (χ1) is 9.65. The Balaban J connectivity index is 2.31. The molecule has 0 aliphatic heterocycles. The second-order valence-electron chi connectivity index (χ2n) is 3.82. The molecule has 1 heterocycles. The predicted octanol–water partition coefficient (Wildman–Crippen LogP) is 1.63. The molecule has 20 heavy (non-hydrogen) atoms. The van der Waals surface area contributed by atoms with E-state index in [1.54, 1.807) is 0 Å². The molecule has 0 radical (unpaired) electrons. The van der Waals surface area contributed by atoms with E-state index in [1.807, 2.05) is 6.07 Å². The number of nitrogens with one attached hydrogen (secondary N) is 2. The monoisotopic (exact) mass is 271 g/mol. The van der Waals surface area contributed by atoms with Crippen LogP contribution in [-0.4, -0.2) is 10.9 Å². The van der Waals surface area contributed by atoms with E-state index in [-0.39, 0.29) is 16.8 Å². The summed E-state index contributed by atoms with van der Waals surface area (Å²) in [4.78, 5) is 15.9. The van der Waals surface area contributed by atoms with E-state index < -0.39 is 11.7 Å². The summed E-state index contributed by atoms with van der Waals surface area (Å²) in [5.74, 6) is 4.24. The number of halogens is 1. The van der Waals surface area contributed by atoms with Gasteiger partial charge in [-0.05, 0) is 24.3 Å². The molecule has 0 aliphatic carbocycles. The summed E-state index contributed by atoms with van der Waals surface area (Å²) >= 11 is 0. The van der Waals surface area contributed by atoms with E-state index in [4.69, 9.17) is 11.1 Å². The standard InChI is InChI=1S/C13H10FN5O/c14-9-1-2-11(8(5-9)6-15)18-13(20)10-7-17-4-3-12(10)19-16/h1-5,7H,16H2,(H,17,19)(H,18,20). The first-order valence-corrected chi connectivity index (χ1v) is 5.57. The van der Waals surface area contributed by atoms with Crippen molar-refractivity contribution >= 4 is 17.3 Å². The third-order valence-corrected chi connectivity index (χ3v) is 2.57. The van der Waals surface area contributed by atoms with Crippen molar-refractivity contribution in [1.82, 2.24) is 4.98 Å². The van der Waals surface area contributed by atoms with Crippen LogP contribution in [0.15, 0.2) is 36.7 Å². The average Bonchev–Trinajstić information content (AvgIpc) is 2.48. The van der Waals surface area contributed by atoms with E-state index in [9.17, 15) is 9.18 Å². The lowest BCUT2D eigenvalue weighted by Gasteiger charge is -2.10. The first kappa shape index (κ1) is 13.5. The van der Waals surface area contributed by atoms with E-state index >= 15 is 0 Å². The van der Waals surface area contributed by atoms with Crippen molar-refractivity contribution in [2.45, 2.75) is 0 Å². The fourth-order valence-corrected chi connectivity index (χ4v) is 1.61. The van der Waals surface area contributed by atoms with Crippen molar-refractivity contribution in [2.75, 3.05) is 10.7 Å². The number of nitrogens with zero attached hydrogens (tertiary/aromatic N) is 2. The number of hydrazine groups is 1. The van der Waals surface area contributed by atoms with Crippen LogP contribution in [0.5, 0.6) is 0 Å². The van der Waals surface area contributed by atoms with Crippen molar-refractivity contribution in [3.63, 3.8) is 0 Å². The molecule has 0 aliphatic rings. The molecule has 6 nitrogen and oxygen atoms in total. The first-order valence-electron chi connectivity index (χ1n) is 5.57. The fourth-order valence-electron chi connectivity index (χ4n) is 1.61. The van der Waals surface area contributed by atoms with Gasteiger partial charge in [0.25, 0.3) is 5.91 Å². The number of carbonyl (C=O) groups excluding carboxylic acids is 1. The highest BCUT2D eigenvalue weighted by Crippen LogP contribution is 2.19. The molecule has 0 saturated heterocycles. The smallest absolute Gasteiger partial charge is 0.259 e. The van der Waals surface area contributed by atoms with Gasteiger partial charge < -0.3 is 10.7 Å². The van der Waals surface area contributed by atoms with E-state index in [2.05, 4.69) is 15.7 Å². The highest BCUT2D eigenvalue weighted by Gasteiger charge is 2.13. The van der Waals surface area contributed by atoms with Crippen molar-refractivity contribution in [2.24, 2.45) is 5.84 Å². The Morgan fingerprint density at radius 2 is 2.15 bits per heavy atom. The predicted molar refractivity (Wildman–Crippen MR) is 71.1 cm³/mol. The van der Waals surface area contributed by atoms with Gasteiger partial charge in [-0.2, -0.15) is 5.26 Å². The molecule has 0 unspecified atom stereocenters. The molecule has 1 aromatic carbocycles. The van der Waals surface area contributed by atoms with Crippen LogP contribution in [0, 0.1) is 17.1 Å². The van der Waals surface area contributed by atoms with E-state index in [0.717, 1.165) is 12.1 Å². The molecule has 7 heteroatoms. The number of benzene rings is 1. The maximum absolute atomic E-state index is 13.0. The van der Waals surface area contributed by atoms with Crippen molar-refractivity contribution < 1.29 is 9.18 Å². The van der Waals surface area contributed by atoms with Gasteiger partial charge in [0.15, 0.2) is 0 Å². The lowest BCUT2D eigenvalue weighted by molar-refractivity contribution is 0.102. The van der Waals surface area contributed by atoms with Gasteiger partial charge in [-0.3, -0.25) is 15.6 Å². The van der Waals surface area contributed by atoms with Crippen molar-refractivity contribution in [1.29, 1.82) is 5.26 Å². The molecule has 2 rings (SSSR count). The SMILES string of the molecule is N#Cc1cc(F)ccc1NC(=O)c1cnccc1NN. The molecule has 1 amide bonds. The number of pyridine rings is 1. The minimum atomic E-state index is -0.551. The van der Waals surface area contributed by atoms with Crippen LogP contribution in [0.3, 0.4) is 0 Å². The third kappa shape index (κ3) is 2.71. The molecule has 1 aromatic heterocycles. The Labute approximate surface area is 114 Å². The zero-order valence-corrected chi connectivity index (χ0v) is 10.2. The highest BCUT2D eigenvalue weighted by atomic mass is 19.1. The minimum Gasteiger partial charge on any atom is -0.323 e. The largest absolute Gasteiger partial charge is 0.323 e. The zero-order chi connectivity index (χ0) is 14.5. The van der Waals surface area contributed by atoms with Gasteiger partial charge in [0.1, 0.15) is 11.9 Å². The highest BCUT2D eigenvalue weighted by molar-refractivity contribution is 6.08. The van der Waals surface area contributed by atoms with Crippen LogP contribution in [0.4, 0.5) is 15.8 Å². The summed E-state index contributed by atoms with van der Waals surface area (Å²) in [6.07, 6.45) is 2.81. The topological polar surface area (TPSA) is 104 Å². The van der Waals surface area contributed by atoms with Crippen LogP contribution in [0.25, 0.3) is 0 Å². The molecule has 4 N–H and O–H groups in total. The van der Waals surface area contributed by atoms with Crippen molar-refractivity contribution in [3.8, 4) is 6.07 Å². The lowest BCUT2D eigenvalue weighted by atomic mass is 10.1. The fraction of sp³-hybridized carbons (Fsp3) is 0. The molecule has 100 valence electrons. The zero-order valence-electron chi connectivity index (χ0n) is 10.2. The van der Waals surface area contributed by atoms with Crippen LogP contribution in [-0.2, 0) is 0 Å². The van der Waals surface area contributed by atoms with E-state index in [1.165, 1.54) is 24.5 Å². The normalized spacial score (nSPS) is 9.65. The number of carbonyl (C=O) groups is 1. The second-order valence-corrected chi connectivity index (χ2v) is 3.82. The molecule has 0 atom stereocenters. The number of hydrogen-bond acceptors (Lipinski definition) is 5. The quantitative estimate of drug-likeness (QED) is 0.581. The number of rotatable bonds is 3. The molecule has 0 spiro atoms. The number of nitrogen functional groups attached to an aromatic ring is 1. The summed E-state index contributed by atoms with van der Waals surface area (Å²) < 4.78 is 13.0. The minimum absolute atomic E-state index is 0.0319. The lowest BCUT2D eigenvalue weighted by Crippen LogP contribution is -2.18. The van der Waals surface area contributed by atoms with Gasteiger partial charge in [-0.15, -0.1) is 0 Å². The molecule has 0 bridgehead atoms. The van der Waals surface area contributed by atoms with Gasteiger partial charge in [0, 0.05) is 12.4 Å². The number of aromatic nitrogens is 1. The number of anilines is 2. The molecular formula is C13H10FN5O. The number of nitriles is 1. The maximum Gasteiger partial charge on any atom is 0.259 e. The summed E-state index contributed by atoms with van der Waals surface area (Å²) in [5, 5.41) is 11.4. The molecule has 0 fully saturated rings. The van der Waals surface area contributed by atoms with Crippen LogP contribution >= 0.6 is 0 Å². The summed E-state index contributed by atoms with van der Waals surface area (Å²) in [6, 6.07) is 6.86. The second kappa shape index (κ2) is 5.77. The van der Waals surface area contributed by atoms with Crippen LogP contribution < -0.4 is 16.6 Å². The summed E-state index contributed by atoms with van der Waals surface area (Å²) in [7, 11) is 0.